The van der Waals surface area contributed by atoms with E-state index in [1.807, 2.05) is 6.92 Å². The van der Waals surface area contributed by atoms with E-state index in [1.165, 1.54) is 31.2 Å². The Morgan fingerprint density at radius 2 is 1.89 bits per heavy atom. The van der Waals surface area contributed by atoms with E-state index >= 15 is 0 Å². The Morgan fingerprint density at radius 1 is 1.21 bits per heavy atom. The van der Waals surface area contributed by atoms with Crippen LogP contribution < -0.4 is 5.32 Å². The van der Waals surface area contributed by atoms with Gasteiger partial charge in [-0.3, -0.25) is 0 Å². The fraction of sp³-hybridized carbons (Fsp3) is 0.647. The van der Waals surface area contributed by atoms with E-state index in [-0.39, 0.29) is 6.10 Å². The molecule has 1 aliphatic carbocycles. The molecule has 0 aromatic heterocycles. The summed E-state index contributed by atoms with van der Waals surface area (Å²) < 4.78 is 0. The van der Waals surface area contributed by atoms with Crippen molar-refractivity contribution in [3.05, 3.63) is 35.9 Å². The molecule has 2 rings (SSSR count). The Hall–Kier alpha value is -0.860. The molecule has 1 aromatic carbocycles. The van der Waals surface area contributed by atoms with Crippen LogP contribution in [-0.2, 0) is 0 Å². The lowest BCUT2D eigenvalue weighted by Crippen LogP contribution is -2.28. The van der Waals surface area contributed by atoms with Crippen LogP contribution in [0.4, 0.5) is 0 Å². The maximum absolute atomic E-state index is 9.67. The van der Waals surface area contributed by atoms with Crippen molar-refractivity contribution in [3.8, 4) is 0 Å². The minimum absolute atomic E-state index is 0.238. The first-order valence-corrected chi connectivity index (χ1v) is 7.69. The maximum Gasteiger partial charge on any atom is 0.0518 e. The molecular weight excluding hydrogens is 234 g/mol. The molecule has 1 aromatic rings. The number of hydrogen-bond donors (Lipinski definition) is 2. The lowest BCUT2D eigenvalue weighted by atomic mass is 9.93. The van der Waals surface area contributed by atoms with Gasteiger partial charge in [0.05, 0.1) is 6.10 Å². The van der Waals surface area contributed by atoms with Gasteiger partial charge >= 0.3 is 0 Å². The van der Waals surface area contributed by atoms with Crippen LogP contribution in [-0.4, -0.2) is 24.3 Å². The topological polar surface area (TPSA) is 32.3 Å². The minimum atomic E-state index is -0.238. The zero-order valence-corrected chi connectivity index (χ0v) is 12.0. The average Bonchev–Trinajstić information content (AvgIpc) is 2.91. The molecule has 1 aliphatic rings. The largest absolute Gasteiger partial charge is 0.393 e. The summed E-state index contributed by atoms with van der Waals surface area (Å²) in [7, 11) is 0. The van der Waals surface area contributed by atoms with Gasteiger partial charge in [0, 0.05) is 6.54 Å². The lowest BCUT2D eigenvalue weighted by Gasteiger charge is -2.21. The number of rotatable bonds is 7. The maximum atomic E-state index is 9.67. The molecule has 1 fully saturated rings. The number of benzene rings is 1. The molecule has 0 aliphatic heterocycles. The Kier molecular flexibility index (Phi) is 5.87. The Labute approximate surface area is 117 Å². The van der Waals surface area contributed by atoms with Crippen molar-refractivity contribution in [3.63, 3.8) is 0 Å². The van der Waals surface area contributed by atoms with Gasteiger partial charge < -0.3 is 10.4 Å². The number of aliphatic hydroxyl groups is 1. The first-order valence-electron chi connectivity index (χ1n) is 7.69. The van der Waals surface area contributed by atoms with Crippen LogP contribution in [0.25, 0.3) is 0 Å². The summed E-state index contributed by atoms with van der Waals surface area (Å²) in [5.74, 6) is 1.30. The molecule has 0 bridgehead atoms. The van der Waals surface area contributed by atoms with Gasteiger partial charge in [0.1, 0.15) is 0 Å². The third kappa shape index (κ3) is 4.96. The zero-order valence-electron chi connectivity index (χ0n) is 12.0. The van der Waals surface area contributed by atoms with Crippen molar-refractivity contribution in [1.82, 2.24) is 5.32 Å². The van der Waals surface area contributed by atoms with Gasteiger partial charge in [-0.1, -0.05) is 43.2 Å². The number of nitrogens with one attached hydrogen (secondary N) is 1. The van der Waals surface area contributed by atoms with Crippen molar-refractivity contribution in [2.45, 2.75) is 51.0 Å². The van der Waals surface area contributed by atoms with E-state index in [0.29, 0.717) is 5.92 Å². The van der Waals surface area contributed by atoms with Gasteiger partial charge in [0.15, 0.2) is 0 Å². The quantitative estimate of drug-likeness (QED) is 0.789. The van der Waals surface area contributed by atoms with Crippen LogP contribution in [0.2, 0.25) is 0 Å². The summed E-state index contributed by atoms with van der Waals surface area (Å²) in [6.07, 6.45) is 6.18. The smallest absolute Gasteiger partial charge is 0.0518 e. The van der Waals surface area contributed by atoms with Crippen molar-refractivity contribution in [2.75, 3.05) is 13.1 Å². The second-order valence-corrected chi connectivity index (χ2v) is 6.00. The molecule has 19 heavy (non-hydrogen) atoms. The van der Waals surface area contributed by atoms with Gasteiger partial charge in [-0.2, -0.15) is 0 Å². The first kappa shape index (κ1) is 14.5. The molecule has 0 amide bonds. The normalized spacial score (nSPS) is 19.5. The van der Waals surface area contributed by atoms with Crippen LogP contribution >= 0.6 is 0 Å². The molecule has 106 valence electrons. The molecule has 2 nitrogen and oxygen atoms in total. The minimum Gasteiger partial charge on any atom is -0.393 e. The van der Waals surface area contributed by atoms with Crippen molar-refractivity contribution in [2.24, 2.45) is 5.92 Å². The zero-order chi connectivity index (χ0) is 13.5. The number of aliphatic hydroxyl groups excluding tert-OH is 1. The van der Waals surface area contributed by atoms with Gasteiger partial charge in [0.25, 0.3) is 0 Å². The van der Waals surface area contributed by atoms with E-state index in [2.05, 4.69) is 35.6 Å². The van der Waals surface area contributed by atoms with E-state index in [0.717, 1.165) is 25.4 Å². The van der Waals surface area contributed by atoms with Crippen molar-refractivity contribution < 1.29 is 5.11 Å². The fourth-order valence-electron chi connectivity index (χ4n) is 3.15. The summed E-state index contributed by atoms with van der Waals surface area (Å²) in [6.45, 7) is 4.00. The lowest BCUT2D eigenvalue weighted by molar-refractivity contribution is 0.173. The second-order valence-electron chi connectivity index (χ2n) is 6.00. The second kappa shape index (κ2) is 7.66. The highest BCUT2D eigenvalue weighted by Gasteiger charge is 2.17. The highest BCUT2D eigenvalue weighted by atomic mass is 16.3. The monoisotopic (exact) mass is 261 g/mol. The SMILES string of the molecule is CC(O)CC(CNCC1CCCC1)c1ccccc1. The van der Waals surface area contributed by atoms with E-state index in [1.54, 1.807) is 0 Å². The summed E-state index contributed by atoms with van der Waals surface area (Å²) in [4.78, 5) is 0. The molecule has 2 heteroatoms. The van der Waals surface area contributed by atoms with Crippen LogP contribution in [0.5, 0.6) is 0 Å². The molecule has 0 saturated heterocycles. The third-order valence-electron chi connectivity index (χ3n) is 4.20. The molecule has 1 saturated carbocycles. The van der Waals surface area contributed by atoms with Crippen molar-refractivity contribution in [1.29, 1.82) is 0 Å². The molecular formula is C17H27NO. The summed E-state index contributed by atoms with van der Waals surface area (Å²) in [6, 6.07) is 10.6. The van der Waals surface area contributed by atoms with Gasteiger partial charge in [-0.25, -0.2) is 0 Å². The Morgan fingerprint density at radius 3 is 2.53 bits per heavy atom. The van der Waals surface area contributed by atoms with Gasteiger partial charge in [-0.05, 0) is 50.1 Å². The highest BCUT2D eigenvalue weighted by molar-refractivity contribution is 5.20. The molecule has 2 N–H and O–H groups in total. The predicted octanol–water partition coefficient (Wildman–Crippen LogP) is 3.32. The predicted molar refractivity (Wildman–Crippen MR) is 80.3 cm³/mol. The first-order chi connectivity index (χ1) is 9.25. The van der Waals surface area contributed by atoms with Crippen LogP contribution in [0.1, 0.15) is 50.5 Å². The van der Waals surface area contributed by atoms with Crippen LogP contribution in [0.15, 0.2) is 30.3 Å². The van der Waals surface area contributed by atoms with Crippen LogP contribution in [0.3, 0.4) is 0 Å². The molecule has 0 radical (unpaired) electrons. The van der Waals surface area contributed by atoms with E-state index in [9.17, 15) is 5.11 Å². The summed E-state index contributed by atoms with van der Waals surface area (Å²) >= 11 is 0. The average molecular weight is 261 g/mol. The third-order valence-corrected chi connectivity index (χ3v) is 4.20. The van der Waals surface area contributed by atoms with E-state index < -0.39 is 0 Å². The molecule has 2 atom stereocenters. The van der Waals surface area contributed by atoms with Gasteiger partial charge in [-0.15, -0.1) is 0 Å². The Balaban J connectivity index is 1.83. The van der Waals surface area contributed by atoms with Gasteiger partial charge in [0.2, 0.25) is 0 Å². The van der Waals surface area contributed by atoms with Crippen molar-refractivity contribution >= 4 is 0 Å². The van der Waals surface area contributed by atoms with E-state index in [4.69, 9.17) is 0 Å². The molecule has 0 heterocycles. The fourth-order valence-corrected chi connectivity index (χ4v) is 3.15. The number of hydrogen-bond acceptors (Lipinski definition) is 2. The molecule has 0 spiro atoms. The summed E-state index contributed by atoms with van der Waals surface area (Å²) in [5.41, 5.74) is 1.34. The van der Waals surface area contributed by atoms with Crippen LogP contribution in [0, 0.1) is 5.92 Å². The standard InChI is InChI=1S/C17H27NO/c1-14(19)11-17(16-9-3-2-4-10-16)13-18-12-15-7-5-6-8-15/h2-4,9-10,14-15,17-19H,5-8,11-13H2,1H3. The Bertz CT molecular complexity index is 344. The summed E-state index contributed by atoms with van der Waals surface area (Å²) in [5, 5.41) is 13.3. The highest BCUT2D eigenvalue weighted by Crippen LogP contribution is 2.24. The molecule has 2 unspecified atom stereocenters.